The van der Waals surface area contributed by atoms with Crippen LogP contribution in [0, 0.1) is 0 Å². The predicted molar refractivity (Wildman–Crippen MR) is 40.1 cm³/mol. The molecule has 0 aliphatic carbocycles. The highest BCUT2D eigenvalue weighted by Crippen LogP contribution is 1.93. The number of alkyl halides is 1. The van der Waals surface area contributed by atoms with Crippen LogP contribution in [-0.2, 0) is 4.74 Å². The van der Waals surface area contributed by atoms with Crippen molar-refractivity contribution in [3.05, 3.63) is 0 Å². The van der Waals surface area contributed by atoms with Gasteiger partial charge in [-0.15, -0.1) is 11.6 Å². The van der Waals surface area contributed by atoms with Gasteiger partial charge in [0.1, 0.15) is 0 Å². The predicted octanol–water partition coefficient (Wildman–Crippen LogP) is 0.850. The van der Waals surface area contributed by atoms with Gasteiger partial charge in [-0.1, -0.05) is 0 Å². The van der Waals surface area contributed by atoms with Crippen molar-refractivity contribution in [2.24, 2.45) is 0 Å². The molecule has 3 heteroatoms. The second-order valence-corrected chi connectivity index (χ2v) is 2.30. The molecule has 0 aromatic carbocycles. The summed E-state index contributed by atoms with van der Waals surface area (Å²) in [5.74, 6) is 0.689. The van der Waals surface area contributed by atoms with E-state index in [-0.39, 0.29) is 0 Å². The van der Waals surface area contributed by atoms with Crippen LogP contribution in [0.3, 0.4) is 0 Å². The van der Waals surface area contributed by atoms with Gasteiger partial charge >= 0.3 is 0 Å². The van der Waals surface area contributed by atoms with Crippen molar-refractivity contribution < 1.29 is 4.74 Å². The van der Waals surface area contributed by atoms with Crippen LogP contribution in [-0.4, -0.2) is 32.7 Å². The number of nitrogens with one attached hydrogen (secondary N) is 1. The third-order valence-corrected chi connectivity index (χ3v) is 1.45. The number of ether oxygens (including phenoxy) is 1. The summed E-state index contributed by atoms with van der Waals surface area (Å²) < 4.78 is 4.93. The Labute approximate surface area is 61.5 Å². The highest BCUT2D eigenvalue weighted by Gasteiger charge is 2.01. The van der Waals surface area contributed by atoms with Gasteiger partial charge in [0.15, 0.2) is 0 Å². The Morgan fingerprint density at radius 2 is 2.33 bits per heavy atom. The Balaban J connectivity index is 3.18. The van der Waals surface area contributed by atoms with E-state index < -0.39 is 0 Å². The monoisotopic (exact) mass is 151 g/mol. The largest absolute Gasteiger partial charge is 0.383 e. The van der Waals surface area contributed by atoms with Crippen molar-refractivity contribution in [2.75, 3.05) is 26.6 Å². The summed E-state index contributed by atoms with van der Waals surface area (Å²) in [6.45, 7) is 0.739. The van der Waals surface area contributed by atoms with Crippen molar-refractivity contribution in [3.63, 3.8) is 0 Å². The Bertz CT molecular complexity index is 55.0. The van der Waals surface area contributed by atoms with E-state index >= 15 is 0 Å². The van der Waals surface area contributed by atoms with Gasteiger partial charge in [-0.25, -0.2) is 0 Å². The lowest BCUT2D eigenvalue weighted by atomic mass is 10.2. The first-order valence-electron chi connectivity index (χ1n) is 3.07. The minimum Gasteiger partial charge on any atom is -0.383 e. The Morgan fingerprint density at radius 3 is 2.67 bits per heavy atom. The summed E-state index contributed by atoms with van der Waals surface area (Å²) in [7, 11) is 3.61. The van der Waals surface area contributed by atoms with Crippen LogP contribution in [0.1, 0.15) is 6.42 Å². The maximum absolute atomic E-state index is 5.52. The molecule has 0 aromatic heterocycles. The maximum atomic E-state index is 5.52. The highest BCUT2D eigenvalue weighted by atomic mass is 35.5. The Hall–Kier alpha value is 0.210. The van der Waals surface area contributed by atoms with Crippen LogP contribution < -0.4 is 5.32 Å². The first-order valence-corrected chi connectivity index (χ1v) is 3.60. The van der Waals surface area contributed by atoms with E-state index in [9.17, 15) is 0 Å². The molecule has 0 radical (unpaired) electrons. The fraction of sp³-hybridized carbons (Fsp3) is 1.00. The lowest BCUT2D eigenvalue weighted by Crippen LogP contribution is -2.30. The quantitative estimate of drug-likeness (QED) is 0.589. The summed E-state index contributed by atoms with van der Waals surface area (Å²) in [4.78, 5) is 0. The molecule has 0 amide bonds. The molecule has 0 rings (SSSR count). The minimum atomic E-state index is 0.410. The van der Waals surface area contributed by atoms with Crippen molar-refractivity contribution in [3.8, 4) is 0 Å². The summed E-state index contributed by atoms with van der Waals surface area (Å²) in [6.07, 6.45) is 0.964. The smallest absolute Gasteiger partial charge is 0.0616 e. The third-order valence-electron chi connectivity index (χ3n) is 1.23. The van der Waals surface area contributed by atoms with Crippen LogP contribution in [0.4, 0.5) is 0 Å². The van der Waals surface area contributed by atoms with Crippen LogP contribution in [0.5, 0.6) is 0 Å². The van der Waals surface area contributed by atoms with Crippen molar-refractivity contribution >= 4 is 11.6 Å². The molecule has 56 valence electrons. The molecule has 0 aliphatic rings. The summed E-state index contributed by atoms with van der Waals surface area (Å²) in [6, 6.07) is 0.410. The zero-order chi connectivity index (χ0) is 7.11. The van der Waals surface area contributed by atoms with Gasteiger partial charge in [-0.05, 0) is 13.5 Å². The average Bonchev–Trinajstić information content (AvgIpc) is 1.88. The van der Waals surface area contributed by atoms with E-state index in [1.165, 1.54) is 0 Å². The molecule has 9 heavy (non-hydrogen) atoms. The van der Waals surface area contributed by atoms with E-state index in [1.807, 2.05) is 7.05 Å². The molecule has 0 fully saturated rings. The summed E-state index contributed by atoms with van der Waals surface area (Å²) in [5.41, 5.74) is 0. The lowest BCUT2D eigenvalue weighted by Gasteiger charge is -2.12. The minimum absolute atomic E-state index is 0.410. The highest BCUT2D eigenvalue weighted by molar-refractivity contribution is 6.17. The van der Waals surface area contributed by atoms with Gasteiger partial charge in [0.2, 0.25) is 0 Å². The van der Waals surface area contributed by atoms with Crippen LogP contribution >= 0.6 is 11.6 Å². The Kier molecular flexibility index (Phi) is 6.48. The Morgan fingerprint density at radius 1 is 1.67 bits per heavy atom. The molecular weight excluding hydrogens is 138 g/mol. The standard InChI is InChI=1S/C6H14ClNO/c1-8-6(3-4-7)5-9-2/h6,8H,3-5H2,1-2H3. The number of methoxy groups -OCH3 is 1. The molecule has 0 saturated heterocycles. The van der Waals surface area contributed by atoms with Crippen molar-refractivity contribution in [2.45, 2.75) is 12.5 Å². The molecule has 0 aliphatic heterocycles. The van der Waals surface area contributed by atoms with E-state index in [4.69, 9.17) is 16.3 Å². The number of halogens is 1. The SMILES string of the molecule is CNC(CCCl)COC. The topological polar surface area (TPSA) is 21.3 Å². The molecular formula is C6H14ClNO. The molecule has 1 N–H and O–H groups in total. The lowest BCUT2D eigenvalue weighted by molar-refractivity contribution is 0.168. The first kappa shape index (κ1) is 9.21. The normalized spacial score (nSPS) is 13.7. The van der Waals surface area contributed by atoms with E-state index in [1.54, 1.807) is 7.11 Å². The average molecular weight is 152 g/mol. The summed E-state index contributed by atoms with van der Waals surface area (Å²) in [5, 5.41) is 3.09. The second-order valence-electron chi connectivity index (χ2n) is 1.92. The van der Waals surface area contributed by atoms with E-state index in [0.717, 1.165) is 13.0 Å². The molecule has 0 heterocycles. The van der Waals surface area contributed by atoms with Crippen LogP contribution in [0.25, 0.3) is 0 Å². The van der Waals surface area contributed by atoms with Crippen LogP contribution in [0.2, 0.25) is 0 Å². The zero-order valence-electron chi connectivity index (χ0n) is 5.98. The molecule has 0 saturated carbocycles. The molecule has 1 unspecified atom stereocenters. The number of hydrogen-bond acceptors (Lipinski definition) is 2. The van der Waals surface area contributed by atoms with E-state index in [2.05, 4.69) is 5.32 Å². The zero-order valence-corrected chi connectivity index (χ0v) is 6.74. The molecule has 0 spiro atoms. The van der Waals surface area contributed by atoms with Gasteiger partial charge in [0.25, 0.3) is 0 Å². The number of rotatable bonds is 5. The van der Waals surface area contributed by atoms with Gasteiger partial charge < -0.3 is 10.1 Å². The van der Waals surface area contributed by atoms with Gasteiger partial charge in [-0.3, -0.25) is 0 Å². The van der Waals surface area contributed by atoms with Gasteiger partial charge in [-0.2, -0.15) is 0 Å². The third kappa shape index (κ3) is 4.70. The fourth-order valence-electron chi connectivity index (χ4n) is 0.644. The maximum Gasteiger partial charge on any atom is 0.0616 e. The van der Waals surface area contributed by atoms with Crippen LogP contribution in [0.15, 0.2) is 0 Å². The van der Waals surface area contributed by atoms with Gasteiger partial charge in [0.05, 0.1) is 6.61 Å². The fourth-order valence-corrected chi connectivity index (χ4v) is 0.907. The van der Waals surface area contributed by atoms with E-state index in [0.29, 0.717) is 11.9 Å². The number of likely N-dealkylation sites (N-methyl/N-ethyl adjacent to an activating group) is 1. The molecule has 0 aromatic rings. The number of hydrogen-bond donors (Lipinski definition) is 1. The second kappa shape index (κ2) is 6.33. The van der Waals surface area contributed by atoms with Crippen molar-refractivity contribution in [1.82, 2.24) is 5.32 Å². The molecule has 1 atom stereocenters. The molecule has 0 bridgehead atoms. The first-order chi connectivity index (χ1) is 4.35. The van der Waals surface area contributed by atoms with Gasteiger partial charge in [0, 0.05) is 19.0 Å². The summed E-state index contributed by atoms with van der Waals surface area (Å²) >= 11 is 5.52. The van der Waals surface area contributed by atoms with Crippen molar-refractivity contribution in [1.29, 1.82) is 0 Å². The molecule has 2 nitrogen and oxygen atoms in total.